The first kappa shape index (κ1) is 36.6. The van der Waals surface area contributed by atoms with Gasteiger partial charge in [0.15, 0.2) is 10.9 Å². The van der Waals surface area contributed by atoms with Gasteiger partial charge < -0.3 is 19.7 Å². The van der Waals surface area contributed by atoms with Crippen LogP contribution in [0.4, 0.5) is 5.13 Å². The number of thiazole rings is 1. The van der Waals surface area contributed by atoms with E-state index in [0.29, 0.717) is 36.6 Å². The monoisotopic (exact) mass is 726 g/mol. The second-order valence-corrected chi connectivity index (χ2v) is 17.2. The lowest BCUT2D eigenvalue weighted by Gasteiger charge is -2.28. The van der Waals surface area contributed by atoms with Crippen molar-refractivity contribution in [2.45, 2.75) is 135 Å². The first-order valence-corrected chi connectivity index (χ1v) is 20.4. The van der Waals surface area contributed by atoms with Crippen LogP contribution in [0.15, 0.2) is 41.8 Å². The van der Waals surface area contributed by atoms with Crippen molar-refractivity contribution in [1.29, 1.82) is 0 Å². The number of Topliss-reactive ketones (excluding diaryl/α,β-unsaturated/α-hetero) is 1. The van der Waals surface area contributed by atoms with Gasteiger partial charge in [0.25, 0.3) is 0 Å². The number of hydrogen-bond acceptors (Lipinski definition) is 9. The van der Waals surface area contributed by atoms with Gasteiger partial charge in [-0.2, -0.15) is 0 Å². The van der Waals surface area contributed by atoms with Crippen LogP contribution in [0.25, 0.3) is 22.3 Å². The Morgan fingerprint density at radius 1 is 1.04 bits per heavy atom. The molecule has 2 aromatic heterocycles. The predicted molar refractivity (Wildman–Crippen MR) is 205 cm³/mol. The summed E-state index contributed by atoms with van der Waals surface area (Å²) in [6.07, 6.45) is 14.4. The SMILES string of the molecule is Cc1ccc2c(OC3C[C@H]4C(=O)C[C@]5(C)C[C@H]5/C=C\CCCCC[C@H](CC(=O)OC5CCCC5)C(=O)N4C3)cc(-c3csc(NC(C)C)n3)nc2c1. The third-order valence-electron chi connectivity index (χ3n) is 11.5. The summed E-state index contributed by atoms with van der Waals surface area (Å²) in [6.45, 7) is 8.69. The van der Waals surface area contributed by atoms with Crippen LogP contribution in [-0.2, 0) is 19.1 Å². The van der Waals surface area contributed by atoms with Gasteiger partial charge in [-0.1, -0.05) is 38.0 Å². The largest absolute Gasteiger partial charge is 0.488 e. The summed E-state index contributed by atoms with van der Waals surface area (Å²) in [4.78, 5) is 53.6. The molecule has 4 heterocycles. The molecule has 2 aliphatic carbocycles. The van der Waals surface area contributed by atoms with E-state index in [4.69, 9.17) is 19.4 Å². The van der Waals surface area contributed by atoms with Crippen LogP contribution in [0.3, 0.4) is 0 Å². The average Bonchev–Trinajstić information content (AvgIpc) is 3.60. The first-order valence-electron chi connectivity index (χ1n) is 19.5. The van der Waals surface area contributed by atoms with Crippen molar-refractivity contribution >= 4 is 45.0 Å². The molecule has 5 atom stereocenters. The summed E-state index contributed by atoms with van der Waals surface area (Å²) in [6, 6.07) is 7.72. The van der Waals surface area contributed by atoms with Crippen LogP contribution in [0, 0.1) is 24.2 Å². The number of aryl methyl sites for hydroxylation is 1. The molecule has 10 heteroatoms. The summed E-state index contributed by atoms with van der Waals surface area (Å²) in [5.74, 6) is 0.196. The molecule has 4 aliphatic rings. The first-order chi connectivity index (χ1) is 25.0. The van der Waals surface area contributed by atoms with E-state index in [1.165, 1.54) is 0 Å². The zero-order chi connectivity index (χ0) is 36.4. The summed E-state index contributed by atoms with van der Waals surface area (Å²) in [5.41, 5.74) is 3.28. The van der Waals surface area contributed by atoms with Crippen LogP contribution in [-0.4, -0.2) is 63.4 Å². The fourth-order valence-corrected chi connectivity index (χ4v) is 9.24. The van der Waals surface area contributed by atoms with E-state index in [1.807, 2.05) is 36.6 Å². The minimum atomic E-state index is -0.601. The number of nitrogens with one attached hydrogen (secondary N) is 1. The second kappa shape index (κ2) is 15.7. The van der Waals surface area contributed by atoms with Crippen LogP contribution < -0.4 is 10.1 Å². The van der Waals surface area contributed by atoms with Gasteiger partial charge >= 0.3 is 5.97 Å². The number of hydrogen-bond donors (Lipinski definition) is 1. The third kappa shape index (κ3) is 8.53. The van der Waals surface area contributed by atoms with E-state index >= 15 is 0 Å². The molecule has 52 heavy (non-hydrogen) atoms. The van der Waals surface area contributed by atoms with Gasteiger partial charge in [-0.25, -0.2) is 9.97 Å². The van der Waals surface area contributed by atoms with Crippen LogP contribution in [0.5, 0.6) is 5.75 Å². The average molecular weight is 727 g/mol. The van der Waals surface area contributed by atoms with Crippen LogP contribution >= 0.6 is 11.3 Å². The Labute approximate surface area is 312 Å². The number of allylic oxidation sites excluding steroid dienone is 2. The van der Waals surface area contributed by atoms with E-state index in [1.54, 1.807) is 16.2 Å². The van der Waals surface area contributed by atoms with Gasteiger partial charge in [-0.15, -0.1) is 11.3 Å². The number of esters is 1. The summed E-state index contributed by atoms with van der Waals surface area (Å²) in [7, 11) is 0. The highest BCUT2D eigenvalue weighted by Gasteiger charge is 2.52. The molecule has 1 N–H and O–H groups in total. The Morgan fingerprint density at radius 3 is 2.65 bits per heavy atom. The molecule has 1 saturated heterocycles. The number of rotatable bonds is 8. The number of benzene rings is 1. The highest BCUT2D eigenvalue weighted by molar-refractivity contribution is 7.14. The van der Waals surface area contributed by atoms with Crippen molar-refractivity contribution < 1.29 is 23.9 Å². The number of aromatic nitrogens is 2. The molecule has 3 fully saturated rings. The zero-order valence-corrected chi connectivity index (χ0v) is 32.0. The Balaban J connectivity index is 1.17. The summed E-state index contributed by atoms with van der Waals surface area (Å²) in [5, 5.41) is 7.09. The van der Waals surface area contributed by atoms with E-state index in [2.05, 4.69) is 38.2 Å². The number of amides is 1. The zero-order valence-electron chi connectivity index (χ0n) is 31.2. The molecule has 0 bridgehead atoms. The molecular formula is C42H54N4O5S. The van der Waals surface area contributed by atoms with Gasteiger partial charge in [0.05, 0.1) is 30.2 Å². The number of pyridine rings is 1. The van der Waals surface area contributed by atoms with E-state index in [9.17, 15) is 14.4 Å². The standard InChI is InChI=1S/C42H54N4O5S/c1-26(2)43-41-45-35(25-52-41)34-21-38(32-17-16-27(3)18-33(32)44-34)50-31-20-36-37(47)23-42(4)22-29(42)13-9-7-5-6-8-12-28(40(49)46(36)24-31)19-39(48)51-30-14-10-11-15-30/h9,13,16-18,21,25-26,28-31,36H,5-8,10-12,14-15,19-20,22-24H2,1-4H3,(H,43,45)/b13-9-/t28-,29-,31?,36+,42+/m1/s1. The number of anilines is 1. The lowest BCUT2D eigenvalue weighted by molar-refractivity contribution is -0.154. The molecule has 3 aromatic rings. The van der Waals surface area contributed by atoms with Gasteiger partial charge in [0, 0.05) is 41.6 Å². The molecule has 2 saturated carbocycles. The maximum Gasteiger partial charge on any atom is 0.306 e. The highest BCUT2D eigenvalue weighted by atomic mass is 32.1. The van der Waals surface area contributed by atoms with Crippen molar-refractivity contribution in [3.63, 3.8) is 0 Å². The molecule has 1 amide bonds. The maximum absolute atomic E-state index is 14.6. The van der Waals surface area contributed by atoms with Crippen molar-refractivity contribution in [3.8, 4) is 17.1 Å². The van der Waals surface area contributed by atoms with E-state index in [0.717, 1.165) is 85.1 Å². The third-order valence-corrected chi connectivity index (χ3v) is 12.2. The lowest BCUT2D eigenvalue weighted by atomic mass is 9.92. The predicted octanol–water partition coefficient (Wildman–Crippen LogP) is 8.83. The van der Waals surface area contributed by atoms with Gasteiger partial charge in [0.2, 0.25) is 5.91 Å². The Morgan fingerprint density at radius 2 is 1.85 bits per heavy atom. The smallest absolute Gasteiger partial charge is 0.306 e. The number of ketones is 1. The topological polar surface area (TPSA) is 111 Å². The minimum absolute atomic E-state index is 0.0472. The lowest BCUT2D eigenvalue weighted by Crippen LogP contribution is -2.45. The summed E-state index contributed by atoms with van der Waals surface area (Å²) < 4.78 is 12.7. The molecule has 1 unspecified atom stereocenters. The minimum Gasteiger partial charge on any atom is -0.488 e. The Hall–Kier alpha value is -3.79. The van der Waals surface area contributed by atoms with Crippen molar-refractivity contribution in [3.05, 3.63) is 47.4 Å². The highest BCUT2D eigenvalue weighted by Crippen LogP contribution is 2.56. The quantitative estimate of drug-likeness (QED) is 0.181. The molecule has 0 radical (unpaired) electrons. The number of fused-ring (bicyclic) bond motifs is 3. The maximum atomic E-state index is 14.6. The molecule has 0 spiro atoms. The summed E-state index contributed by atoms with van der Waals surface area (Å²) >= 11 is 1.54. The fraction of sp³-hybridized carbons (Fsp3) is 0.595. The second-order valence-electron chi connectivity index (χ2n) is 16.3. The van der Waals surface area contributed by atoms with Gasteiger partial charge in [-0.3, -0.25) is 14.4 Å². The number of carbonyl (C=O) groups is 3. The molecular weight excluding hydrogens is 673 g/mol. The van der Waals surface area contributed by atoms with Crippen LogP contribution in [0.1, 0.15) is 110 Å². The molecule has 9 nitrogen and oxygen atoms in total. The number of nitrogens with zero attached hydrogens (tertiary/aromatic N) is 3. The molecule has 1 aromatic carbocycles. The van der Waals surface area contributed by atoms with Crippen molar-refractivity contribution in [1.82, 2.24) is 14.9 Å². The molecule has 2 aliphatic heterocycles. The van der Waals surface area contributed by atoms with Gasteiger partial charge in [-0.05, 0) is 101 Å². The van der Waals surface area contributed by atoms with Crippen molar-refractivity contribution in [2.24, 2.45) is 17.3 Å². The molecule has 7 rings (SSSR count). The van der Waals surface area contributed by atoms with E-state index < -0.39 is 18.1 Å². The van der Waals surface area contributed by atoms with Gasteiger partial charge in [0.1, 0.15) is 23.7 Å². The number of ether oxygens (including phenoxy) is 2. The Kier molecular flexibility index (Phi) is 11.0. The van der Waals surface area contributed by atoms with Crippen molar-refractivity contribution in [2.75, 3.05) is 11.9 Å². The van der Waals surface area contributed by atoms with Crippen LogP contribution in [0.2, 0.25) is 0 Å². The molecule has 278 valence electrons. The number of carbonyl (C=O) groups excluding carboxylic acids is 3. The van der Waals surface area contributed by atoms with E-state index in [-0.39, 0.29) is 48.2 Å². The normalized spacial score (nSPS) is 27.9. The fourth-order valence-electron chi connectivity index (χ4n) is 8.39. The Bertz CT molecular complexity index is 1810.